The molecular weight excluding hydrogens is 823 g/mol. The zero-order valence-corrected chi connectivity index (χ0v) is 36.9. The quantitative estimate of drug-likeness (QED) is 0.138. The third-order valence-electron chi connectivity index (χ3n) is 8.53. The first-order valence-corrected chi connectivity index (χ1v) is 22.1. The summed E-state index contributed by atoms with van der Waals surface area (Å²) in [6.45, 7) is 10.3. The highest BCUT2D eigenvalue weighted by atomic mass is 32.2. The van der Waals surface area contributed by atoms with E-state index in [1.54, 1.807) is 106 Å². The van der Waals surface area contributed by atoms with E-state index < -0.39 is 83.6 Å². The molecule has 1 aliphatic rings. The van der Waals surface area contributed by atoms with Gasteiger partial charge in [-0.2, -0.15) is 0 Å². The molecule has 5 amide bonds. The molecule has 1 fully saturated rings. The first-order valence-electron chi connectivity index (χ1n) is 19.8. The SMILES string of the molecule is CC(C)(C)OC(=O)N[C@@H](Cc1ccc(OC(C)(C)C)cc1)C(=O)N[C@H]1CSCSC[C@@H](C(=O)OC(=O)Cc2ccccc2)NC(=O)[C@H](Cc2ccccc2)NC(=O)CNC1=O. The molecule has 1 saturated heterocycles. The van der Waals surface area contributed by atoms with Crippen LogP contribution >= 0.6 is 23.5 Å². The van der Waals surface area contributed by atoms with Crippen molar-refractivity contribution in [2.75, 3.05) is 23.1 Å². The molecule has 0 radical (unpaired) electrons. The van der Waals surface area contributed by atoms with E-state index in [-0.39, 0.29) is 35.9 Å². The summed E-state index contributed by atoms with van der Waals surface area (Å²) in [6.07, 6.45) is -0.918. The molecule has 3 aromatic rings. The molecule has 61 heavy (non-hydrogen) atoms. The predicted octanol–water partition coefficient (Wildman–Crippen LogP) is 3.86. The lowest BCUT2D eigenvalue weighted by Crippen LogP contribution is -2.57. The molecule has 0 aromatic heterocycles. The molecule has 4 atom stereocenters. The average Bonchev–Trinajstić information content (AvgIpc) is 3.18. The Morgan fingerprint density at radius 2 is 1.38 bits per heavy atom. The number of esters is 2. The van der Waals surface area contributed by atoms with Crippen LogP contribution in [0.2, 0.25) is 0 Å². The molecule has 4 rings (SSSR count). The Labute approximate surface area is 364 Å². The van der Waals surface area contributed by atoms with E-state index in [4.69, 9.17) is 14.2 Å². The largest absolute Gasteiger partial charge is 0.488 e. The molecule has 0 saturated carbocycles. The van der Waals surface area contributed by atoms with Crippen LogP contribution in [0.5, 0.6) is 5.75 Å². The molecule has 3 aromatic carbocycles. The molecule has 1 aliphatic heterocycles. The highest BCUT2D eigenvalue weighted by Gasteiger charge is 2.32. The zero-order valence-electron chi connectivity index (χ0n) is 35.2. The van der Waals surface area contributed by atoms with Gasteiger partial charge in [-0.15, -0.1) is 23.5 Å². The number of carbonyl (C=O) groups is 7. The van der Waals surface area contributed by atoms with E-state index in [1.165, 1.54) is 23.5 Å². The summed E-state index contributed by atoms with van der Waals surface area (Å²) >= 11 is 2.47. The number of amides is 5. The van der Waals surface area contributed by atoms with Gasteiger partial charge in [-0.05, 0) is 70.4 Å². The number of carbonyl (C=O) groups excluding carboxylic acids is 7. The molecule has 328 valence electrons. The number of benzene rings is 3. The Kier molecular flexibility index (Phi) is 18.1. The number of ether oxygens (including phenoxy) is 3. The van der Waals surface area contributed by atoms with Gasteiger partial charge >= 0.3 is 18.0 Å². The van der Waals surface area contributed by atoms with E-state index >= 15 is 0 Å². The van der Waals surface area contributed by atoms with Crippen molar-refractivity contribution in [2.24, 2.45) is 0 Å². The van der Waals surface area contributed by atoms with Crippen molar-refractivity contribution < 1.29 is 47.8 Å². The Balaban J connectivity index is 1.53. The van der Waals surface area contributed by atoms with Crippen LogP contribution in [0.25, 0.3) is 0 Å². The highest BCUT2D eigenvalue weighted by molar-refractivity contribution is 8.16. The van der Waals surface area contributed by atoms with Crippen LogP contribution < -0.4 is 31.3 Å². The number of hydrogen-bond donors (Lipinski definition) is 5. The van der Waals surface area contributed by atoms with Gasteiger partial charge in [0.05, 0.1) is 13.0 Å². The van der Waals surface area contributed by atoms with Gasteiger partial charge in [-0.25, -0.2) is 9.59 Å². The van der Waals surface area contributed by atoms with Crippen molar-refractivity contribution in [3.05, 3.63) is 102 Å². The van der Waals surface area contributed by atoms with Crippen LogP contribution in [0.4, 0.5) is 4.79 Å². The van der Waals surface area contributed by atoms with Crippen LogP contribution in [0.15, 0.2) is 84.9 Å². The van der Waals surface area contributed by atoms with E-state index in [0.717, 1.165) is 0 Å². The molecule has 15 nitrogen and oxygen atoms in total. The first kappa shape index (κ1) is 48.1. The van der Waals surface area contributed by atoms with Crippen molar-refractivity contribution >= 4 is 65.2 Å². The fraction of sp³-hybridized carbons (Fsp3) is 0.432. The van der Waals surface area contributed by atoms with Gasteiger partial charge in [0.2, 0.25) is 23.6 Å². The number of alkyl carbamates (subject to hydrolysis) is 1. The molecule has 0 unspecified atom stereocenters. The lowest BCUT2D eigenvalue weighted by atomic mass is 10.0. The van der Waals surface area contributed by atoms with Crippen molar-refractivity contribution in [1.29, 1.82) is 0 Å². The lowest BCUT2D eigenvalue weighted by Gasteiger charge is -2.25. The van der Waals surface area contributed by atoms with E-state index in [2.05, 4.69) is 26.6 Å². The van der Waals surface area contributed by atoms with Crippen molar-refractivity contribution in [2.45, 2.75) is 96.2 Å². The summed E-state index contributed by atoms with van der Waals surface area (Å²) < 4.78 is 16.5. The van der Waals surface area contributed by atoms with Gasteiger partial charge in [0.15, 0.2) is 0 Å². The normalized spacial score (nSPS) is 18.7. The molecule has 17 heteroatoms. The molecule has 0 aliphatic carbocycles. The third-order valence-corrected chi connectivity index (χ3v) is 11.0. The molecule has 0 bridgehead atoms. The van der Waals surface area contributed by atoms with Crippen LogP contribution in [0, 0.1) is 0 Å². The standard InChI is InChI=1S/C44H55N5O10S2/c1-43(2,3)58-31-19-17-30(18-20-31)22-33(49-42(56)59-44(4,5)6)40(54)47-34-25-60-27-61-26-35(41(55)57-37(51)23-29-15-11-8-12-16-29)48-39(53)32(21-28-13-9-7-10-14-28)46-36(50)24-45-38(34)52/h7-20,32-35H,21-27H2,1-6H3,(H,45,52)(H,46,50)(H,47,54)(H,48,53)(H,49,56)/t32-,33-,34-,35-/m0/s1. The van der Waals surface area contributed by atoms with Crippen LogP contribution in [-0.4, -0.2) is 100 Å². The van der Waals surface area contributed by atoms with E-state index in [0.29, 0.717) is 22.4 Å². The maximum absolute atomic E-state index is 14.0. The number of nitrogens with one attached hydrogen (secondary N) is 5. The smallest absolute Gasteiger partial charge is 0.408 e. The number of rotatable bonds is 11. The summed E-state index contributed by atoms with van der Waals surface area (Å²) in [7, 11) is 0. The fourth-order valence-electron chi connectivity index (χ4n) is 5.81. The monoisotopic (exact) mass is 877 g/mol. The number of hydrogen-bond acceptors (Lipinski definition) is 12. The minimum Gasteiger partial charge on any atom is -0.488 e. The van der Waals surface area contributed by atoms with E-state index in [1.807, 2.05) is 20.8 Å². The Morgan fingerprint density at radius 1 is 0.754 bits per heavy atom. The van der Waals surface area contributed by atoms with Crippen molar-refractivity contribution in [1.82, 2.24) is 26.6 Å². The maximum Gasteiger partial charge on any atom is 0.408 e. The van der Waals surface area contributed by atoms with Gasteiger partial charge in [0.1, 0.15) is 41.1 Å². The van der Waals surface area contributed by atoms with E-state index in [9.17, 15) is 33.6 Å². The minimum atomic E-state index is -1.28. The summed E-state index contributed by atoms with van der Waals surface area (Å²) in [5.41, 5.74) is 0.748. The van der Waals surface area contributed by atoms with Crippen molar-refractivity contribution in [3.8, 4) is 5.75 Å². The lowest BCUT2D eigenvalue weighted by molar-refractivity contribution is -0.161. The van der Waals surface area contributed by atoms with Gasteiger partial charge in [0, 0.05) is 29.4 Å². The molecule has 0 spiro atoms. The van der Waals surface area contributed by atoms with Crippen molar-refractivity contribution in [3.63, 3.8) is 0 Å². The summed E-state index contributed by atoms with van der Waals surface area (Å²) in [6, 6.07) is 19.9. The maximum atomic E-state index is 14.0. The summed E-state index contributed by atoms with van der Waals surface area (Å²) in [5.74, 6) is -3.93. The second-order valence-corrected chi connectivity index (χ2v) is 18.7. The topological polar surface area (TPSA) is 207 Å². The number of thioether (sulfide) groups is 2. The van der Waals surface area contributed by atoms with Gasteiger partial charge in [-0.3, -0.25) is 24.0 Å². The molecule has 5 N–H and O–H groups in total. The Bertz CT molecular complexity index is 1970. The van der Waals surface area contributed by atoms with Gasteiger partial charge in [0.25, 0.3) is 0 Å². The fourth-order valence-corrected chi connectivity index (χ4v) is 7.97. The van der Waals surface area contributed by atoms with Gasteiger partial charge < -0.3 is 40.8 Å². The highest BCUT2D eigenvalue weighted by Crippen LogP contribution is 2.20. The zero-order chi connectivity index (χ0) is 44.6. The molecular formula is C44H55N5O10S2. The Hall–Kier alpha value is -5.55. The second-order valence-electron chi connectivity index (χ2n) is 16.2. The van der Waals surface area contributed by atoms with Gasteiger partial charge in [-0.1, -0.05) is 72.8 Å². The van der Waals surface area contributed by atoms with Crippen LogP contribution in [0.3, 0.4) is 0 Å². The van der Waals surface area contributed by atoms with Crippen LogP contribution in [-0.2, 0) is 57.5 Å². The average molecular weight is 878 g/mol. The third kappa shape index (κ3) is 17.9. The predicted molar refractivity (Wildman–Crippen MR) is 234 cm³/mol. The Morgan fingerprint density at radius 3 is 2.00 bits per heavy atom. The first-order chi connectivity index (χ1) is 28.8. The second kappa shape index (κ2) is 22.9. The molecule has 1 heterocycles. The van der Waals surface area contributed by atoms with Crippen LogP contribution in [0.1, 0.15) is 58.2 Å². The summed E-state index contributed by atoms with van der Waals surface area (Å²) in [4.78, 5) is 93.8. The summed E-state index contributed by atoms with van der Waals surface area (Å²) in [5, 5.41) is 13.5. The minimum absolute atomic E-state index is 0.0210.